The highest BCUT2D eigenvalue weighted by atomic mass is 16.5. The number of hydrogen-bond donors (Lipinski definition) is 1. The lowest BCUT2D eigenvalue weighted by molar-refractivity contribution is -0.119. The Hall–Kier alpha value is -3.57. The molecule has 1 aromatic carbocycles. The number of aromatic nitrogens is 6. The number of nitrogens with two attached hydrogens (primary N) is 1. The summed E-state index contributed by atoms with van der Waals surface area (Å²) >= 11 is 0. The fourth-order valence-corrected chi connectivity index (χ4v) is 5.58. The topological polar surface area (TPSA) is 120 Å². The summed E-state index contributed by atoms with van der Waals surface area (Å²) in [4.78, 5) is 35.6. The number of primary amides is 1. The zero-order valence-electron chi connectivity index (χ0n) is 21.4. The Morgan fingerprint density at radius 2 is 1.81 bits per heavy atom. The van der Waals surface area contributed by atoms with Gasteiger partial charge < -0.3 is 19.9 Å². The summed E-state index contributed by atoms with van der Waals surface area (Å²) < 4.78 is 9.76. The number of imidazole rings is 2. The van der Waals surface area contributed by atoms with Crippen LogP contribution < -0.4 is 10.6 Å². The second-order valence-corrected chi connectivity index (χ2v) is 10.1. The highest BCUT2D eigenvalue weighted by molar-refractivity contribution is 5.86. The van der Waals surface area contributed by atoms with Gasteiger partial charge in [0.15, 0.2) is 17.0 Å². The maximum absolute atomic E-state index is 11.3. The SMILES string of the molecule is Cc1nc2ccccc2n1-c1nc(N2CCOCC2)c2nc(CC3CCN(CC(N)=O)CC3)n(C)c2n1. The molecule has 5 heterocycles. The lowest BCUT2D eigenvalue weighted by atomic mass is 9.93. The third-order valence-electron chi connectivity index (χ3n) is 7.58. The van der Waals surface area contributed by atoms with E-state index in [2.05, 4.69) is 20.4 Å². The first-order valence-corrected chi connectivity index (χ1v) is 13.0. The molecule has 11 heteroatoms. The Morgan fingerprint density at radius 1 is 1.05 bits per heavy atom. The predicted molar refractivity (Wildman–Crippen MR) is 141 cm³/mol. The number of morpholine rings is 1. The second kappa shape index (κ2) is 9.71. The fourth-order valence-electron chi connectivity index (χ4n) is 5.58. The van der Waals surface area contributed by atoms with Gasteiger partial charge in [0.05, 0.1) is 30.8 Å². The van der Waals surface area contributed by atoms with Gasteiger partial charge in [-0.2, -0.15) is 9.97 Å². The standard InChI is InChI=1S/C26H33N9O2/c1-17-28-19-5-3-4-6-20(19)35(17)26-30-24-23(25(31-26)34-11-13-37-14-12-34)29-22(32(24)2)15-18-7-9-33(10-8-18)16-21(27)36/h3-6,18H,7-16H2,1-2H3,(H2,27,36). The van der Waals surface area contributed by atoms with Crippen molar-refractivity contribution < 1.29 is 9.53 Å². The molecule has 6 rings (SSSR count). The largest absolute Gasteiger partial charge is 0.378 e. The van der Waals surface area contributed by atoms with Crippen LogP contribution in [0.1, 0.15) is 24.5 Å². The average Bonchev–Trinajstić information content (AvgIpc) is 3.40. The number of amides is 1. The molecule has 2 aliphatic rings. The molecule has 2 saturated heterocycles. The first kappa shape index (κ1) is 23.8. The van der Waals surface area contributed by atoms with Crippen molar-refractivity contribution in [2.24, 2.45) is 18.7 Å². The molecular formula is C26H33N9O2. The van der Waals surface area contributed by atoms with Crippen molar-refractivity contribution in [2.45, 2.75) is 26.2 Å². The number of carbonyl (C=O) groups excluding carboxylic acids is 1. The molecular weight excluding hydrogens is 470 g/mol. The molecule has 3 aromatic heterocycles. The number of carbonyl (C=O) groups is 1. The normalized spacial score (nSPS) is 17.7. The summed E-state index contributed by atoms with van der Waals surface area (Å²) in [6, 6.07) is 8.07. The number of benzene rings is 1. The summed E-state index contributed by atoms with van der Waals surface area (Å²) in [5.41, 5.74) is 8.94. The van der Waals surface area contributed by atoms with Crippen LogP contribution >= 0.6 is 0 Å². The summed E-state index contributed by atoms with van der Waals surface area (Å²) in [6.07, 6.45) is 2.90. The summed E-state index contributed by atoms with van der Waals surface area (Å²) in [5, 5.41) is 0. The van der Waals surface area contributed by atoms with Crippen LogP contribution in [0.2, 0.25) is 0 Å². The van der Waals surface area contributed by atoms with Crippen LogP contribution in [0.25, 0.3) is 28.1 Å². The number of likely N-dealkylation sites (tertiary alicyclic amines) is 1. The van der Waals surface area contributed by atoms with Gasteiger partial charge in [-0.3, -0.25) is 14.3 Å². The van der Waals surface area contributed by atoms with E-state index >= 15 is 0 Å². The Balaban J connectivity index is 1.39. The van der Waals surface area contributed by atoms with Crippen LogP contribution in [0.4, 0.5) is 5.82 Å². The third kappa shape index (κ3) is 4.53. The van der Waals surface area contributed by atoms with Crippen molar-refractivity contribution in [3.05, 3.63) is 35.9 Å². The number of para-hydroxylation sites is 2. The quantitative estimate of drug-likeness (QED) is 0.421. The van der Waals surface area contributed by atoms with Gasteiger partial charge in [0.25, 0.3) is 0 Å². The van der Waals surface area contributed by atoms with Crippen molar-refractivity contribution >= 4 is 33.9 Å². The molecule has 37 heavy (non-hydrogen) atoms. The zero-order valence-corrected chi connectivity index (χ0v) is 21.4. The van der Waals surface area contributed by atoms with Crippen LogP contribution in [0, 0.1) is 12.8 Å². The Kier molecular flexibility index (Phi) is 6.25. The maximum atomic E-state index is 11.3. The molecule has 2 aliphatic heterocycles. The number of ether oxygens (including phenoxy) is 1. The minimum Gasteiger partial charge on any atom is -0.378 e. The molecule has 194 valence electrons. The van der Waals surface area contributed by atoms with Crippen LogP contribution in [0.5, 0.6) is 0 Å². The summed E-state index contributed by atoms with van der Waals surface area (Å²) in [5.74, 6) is 3.54. The number of fused-ring (bicyclic) bond motifs is 2. The fraction of sp³-hybridized carbons (Fsp3) is 0.500. The van der Waals surface area contributed by atoms with E-state index in [-0.39, 0.29) is 5.91 Å². The van der Waals surface area contributed by atoms with Crippen LogP contribution in [-0.4, -0.2) is 85.8 Å². The van der Waals surface area contributed by atoms with E-state index in [1.165, 1.54) is 0 Å². The number of anilines is 1. The maximum Gasteiger partial charge on any atom is 0.239 e. The van der Waals surface area contributed by atoms with E-state index in [4.69, 9.17) is 30.4 Å². The first-order valence-electron chi connectivity index (χ1n) is 13.0. The number of hydrogen-bond acceptors (Lipinski definition) is 8. The van der Waals surface area contributed by atoms with E-state index in [0.29, 0.717) is 31.6 Å². The van der Waals surface area contributed by atoms with Crippen LogP contribution in [0.15, 0.2) is 24.3 Å². The smallest absolute Gasteiger partial charge is 0.239 e. The molecule has 0 spiro atoms. The van der Waals surface area contributed by atoms with Crippen molar-refractivity contribution in [2.75, 3.05) is 50.8 Å². The number of nitrogens with zero attached hydrogens (tertiary/aromatic N) is 8. The monoisotopic (exact) mass is 503 g/mol. The lowest BCUT2D eigenvalue weighted by Crippen LogP contribution is -2.40. The molecule has 0 bridgehead atoms. The predicted octanol–water partition coefficient (Wildman–Crippen LogP) is 1.59. The molecule has 0 saturated carbocycles. The molecule has 0 radical (unpaired) electrons. The number of piperidine rings is 1. The van der Waals surface area contributed by atoms with Crippen LogP contribution in [-0.2, 0) is 23.0 Å². The number of rotatable bonds is 6. The van der Waals surface area contributed by atoms with Crippen molar-refractivity contribution in [1.82, 2.24) is 34.0 Å². The molecule has 4 aromatic rings. The van der Waals surface area contributed by atoms with Gasteiger partial charge in [0, 0.05) is 26.6 Å². The average molecular weight is 504 g/mol. The Labute approximate surface area is 215 Å². The van der Waals surface area contributed by atoms with Crippen LogP contribution in [0.3, 0.4) is 0 Å². The minimum atomic E-state index is -0.264. The molecule has 2 fully saturated rings. The van der Waals surface area contributed by atoms with Gasteiger partial charge in [0.2, 0.25) is 11.9 Å². The molecule has 0 unspecified atom stereocenters. The van der Waals surface area contributed by atoms with E-state index < -0.39 is 0 Å². The lowest BCUT2D eigenvalue weighted by Gasteiger charge is -2.30. The van der Waals surface area contributed by atoms with E-state index in [0.717, 1.165) is 85.1 Å². The Bertz CT molecular complexity index is 1450. The van der Waals surface area contributed by atoms with Gasteiger partial charge in [-0.25, -0.2) is 9.97 Å². The van der Waals surface area contributed by atoms with Crippen molar-refractivity contribution in [3.8, 4) is 5.95 Å². The zero-order chi connectivity index (χ0) is 25.5. The van der Waals surface area contributed by atoms with Gasteiger partial charge in [0.1, 0.15) is 11.6 Å². The van der Waals surface area contributed by atoms with Gasteiger partial charge in [-0.15, -0.1) is 0 Å². The van der Waals surface area contributed by atoms with Gasteiger partial charge in [-0.1, -0.05) is 12.1 Å². The van der Waals surface area contributed by atoms with Gasteiger partial charge in [-0.05, 0) is 50.9 Å². The summed E-state index contributed by atoms with van der Waals surface area (Å²) in [7, 11) is 2.05. The molecule has 2 N–H and O–H groups in total. The van der Waals surface area contributed by atoms with E-state index in [1.807, 2.05) is 36.7 Å². The van der Waals surface area contributed by atoms with Crippen molar-refractivity contribution in [3.63, 3.8) is 0 Å². The minimum absolute atomic E-state index is 0.264. The highest BCUT2D eigenvalue weighted by Crippen LogP contribution is 2.30. The highest BCUT2D eigenvalue weighted by Gasteiger charge is 2.26. The molecule has 0 aliphatic carbocycles. The van der Waals surface area contributed by atoms with E-state index in [1.54, 1.807) is 0 Å². The molecule has 0 atom stereocenters. The summed E-state index contributed by atoms with van der Waals surface area (Å²) in [6.45, 7) is 6.94. The molecule has 11 nitrogen and oxygen atoms in total. The van der Waals surface area contributed by atoms with Gasteiger partial charge >= 0.3 is 0 Å². The number of aryl methyl sites for hydroxylation is 2. The van der Waals surface area contributed by atoms with E-state index in [9.17, 15) is 4.79 Å². The Morgan fingerprint density at radius 3 is 2.57 bits per heavy atom. The third-order valence-corrected chi connectivity index (χ3v) is 7.58. The first-order chi connectivity index (χ1) is 18.0. The molecule has 1 amide bonds. The second-order valence-electron chi connectivity index (χ2n) is 10.1. The van der Waals surface area contributed by atoms with Crippen molar-refractivity contribution in [1.29, 1.82) is 0 Å².